The molecule has 1 aromatic carbocycles. The first-order valence-electron chi connectivity index (χ1n) is 8.78. The van der Waals surface area contributed by atoms with Gasteiger partial charge in [-0.15, -0.1) is 0 Å². The third-order valence-electron chi connectivity index (χ3n) is 4.28. The van der Waals surface area contributed by atoms with E-state index in [-0.39, 0.29) is 0 Å². The first kappa shape index (κ1) is 20.1. The van der Waals surface area contributed by atoms with Crippen LogP contribution in [0, 0.1) is 5.92 Å². The summed E-state index contributed by atoms with van der Waals surface area (Å²) in [5.74, 6) is 2.04. The number of hydrogen-bond acceptors (Lipinski definition) is 3. The molecule has 0 spiro atoms. The van der Waals surface area contributed by atoms with Crippen LogP contribution in [0.5, 0.6) is 0 Å². The highest BCUT2D eigenvalue weighted by atomic mass is 32.2. The molecule has 0 aliphatic rings. The lowest BCUT2D eigenvalue weighted by atomic mass is 9.89. The minimum atomic E-state index is 0.473. The topological polar surface area (TPSA) is 24.4 Å². The van der Waals surface area contributed by atoms with E-state index in [1.54, 1.807) is 11.9 Å². The Morgan fingerprint density at radius 1 is 0.870 bits per heavy atom. The van der Waals surface area contributed by atoms with Crippen LogP contribution in [-0.2, 0) is 0 Å². The molecule has 0 aliphatic heterocycles. The van der Waals surface area contributed by atoms with Crippen LogP contribution in [-0.4, -0.2) is 5.71 Å². The van der Waals surface area contributed by atoms with E-state index >= 15 is 0 Å². The Morgan fingerprint density at radius 3 is 1.70 bits per heavy atom. The lowest BCUT2D eigenvalue weighted by molar-refractivity contribution is 0.770. The van der Waals surface area contributed by atoms with Crippen LogP contribution >= 0.6 is 11.9 Å². The second-order valence-electron chi connectivity index (χ2n) is 7.59. The van der Waals surface area contributed by atoms with Gasteiger partial charge in [-0.05, 0) is 47.3 Å². The van der Waals surface area contributed by atoms with Crippen LogP contribution in [0.15, 0.2) is 22.1 Å². The van der Waals surface area contributed by atoms with E-state index in [0.717, 1.165) is 5.71 Å². The lowest BCUT2D eigenvalue weighted by Gasteiger charge is -2.22. The third-order valence-corrected chi connectivity index (χ3v) is 5.14. The third kappa shape index (κ3) is 5.56. The highest BCUT2D eigenvalue weighted by molar-refractivity contribution is 7.97. The van der Waals surface area contributed by atoms with Crippen molar-refractivity contribution in [3.8, 4) is 0 Å². The fraction of sp³-hybridized carbons (Fsp3) is 0.650. The molecular weight excluding hydrogens is 300 g/mol. The van der Waals surface area contributed by atoms with Crippen molar-refractivity contribution in [1.82, 2.24) is 4.83 Å². The molecule has 0 saturated heterocycles. The summed E-state index contributed by atoms with van der Waals surface area (Å²) in [7, 11) is 0. The minimum Gasteiger partial charge on any atom is -0.247 e. The SMILES string of the molecule is C/C(=N\NSc1c(C(C)C)cc(C(C)C)cc1C(C)C)C(C)C. The van der Waals surface area contributed by atoms with Gasteiger partial charge in [-0.2, -0.15) is 5.10 Å². The Labute approximate surface area is 147 Å². The van der Waals surface area contributed by atoms with Crippen molar-refractivity contribution in [2.75, 3.05) is 0 Å². The summed E-state index contributed by atoms with van der Waals surface area (Å²) in [6.07, 6.45) is 0. The Bertz CT molecular complexity index is 514. The second-order valence-corrected chi connectivity index (χ2v) is 8.39. The number of benzene rings is 1. The molecule has 23 heavy (non-hydrogen) atoms. The Morgan fingerprint density at radius 2 is 1.35 bits per heavy atom. The zero-order valence-corrected chi connectivity index (χ0v) is 17.1. The van der Waals surface area contributed by atoms with Gasteiger partial charge in [0.15, 0.2) is 0 Å². The monoisotopic (exact) mass is 334 g/mol. The fourth-order valence-corrected chi connectivity index (χ4v) is 3.38. The van der Waals surface area contributed by atoms with E-state index in [1.807, 2.05) is 0 Å². The molecule has 0 aromatic heterocycles. The molecule has 0 amide bonds. The van der Waals surface area contributed by atoms with Gasteiger partial charge in [-0.25, -0.2) is 4.83 Å². The summed E-state index contributed by atoms with van der Waals surface area (Å²) in [4.78, 5) is 4.57. The molecule has 0 radical (unpaired) electrons. The molecule has 0 aliphatic carbocycles. The molecule has 0 saturated carbocycles. The van der Waals surface area contributed by atoms with E-state index in [9.17, 15) is 0 Å². The van der Waals surface area contributed by atoms with Crippen molar-refractivity contribution in [2.45, 2.75) is 85.0 Å². The summed E-state index contributed by atoms with van der Waals surface area (Å²) in [5, 5.41) is 4.51. The van der Waals surface area contributed by atoms with Gasteiger partial charge in [0.25, 0.3) is 0 Å². The highest BCUT2D eigenvalue weighted by Gasteiger charge is 2.17. The molecule has 130 valence electrons. The summed E-state index contributed by atoms with van der Waals surface area (Å²) < 4.78 is 0. The summed E-state index contributed by atoms with van der Waals surface area (Å²) in [6, 6.07) is 4.76. The van der Waals surface area contributed by atoms with Crippen molar-refractivity contribution in [3.05, 3.63) is 28.8 Å². The van der Waals surface area contributed by atoms with Gasteiger partial charge < -0.3 is 0 Å². The Hall–Kier alpha value is -0.960. The van der Waals surface area contributed by atoms with Crippen molar-refractivity contribution in [3.63, 3.8) is 0 Å². The van der Waals surface area contributed by atoms with Crippen molar-refractivity contribution < 1.29 is 0 Å². The summed E-state index contributed by atoms with van der Waals surface area (Å²) >= 11 is 1.66. The molecule has 0 atom stereocenters. The maximum absolute atomic E-state index is 4.51. The second kappa shape index (κ2) is 8.77. The van der Waals surface area contributed by atoms with E-state index < -0.39 is 0 Å². The fourth-order valence-electron chi connectivity index (χ4n) is 2.28. The number of nitrogens with zero attached hydrogens (tertiary/aromatic N) is 1. The average molecular weight is 335 g/mol. The van der Waals surface area contributed by atoms with Crippen LogP contribution in [0.1, 0.15) is 96.8 Å². The normalized spacial score (nSPS) is 12.8. The van der Waals surface area contributed by atoms with Crippen molar-refractivity contribution >= 4 is 17.7 Å². The number of rotatable bonds is 7. The molecule has 1 rings (SSSR count). The van der Waals surface area contributed by atoms with Crippen LogP contribution in [0.3, 0.4) is 0 Å². The number of hydrazone groups is 1. The van der Waals surface area contributed by atoms with Crippen LogP contribution in [0.2, 0.25) is 0 Å². The zero-order valence-electron chi connectivity index (χ0n) is 16.3. The maximum Gasteiger partial charge on any atom is 0.0383 e. The molecule has 0 fully saturated rings. The predicted octanol–water partition coefficient (Wildman–Crippen LogP) is 6.69. The summed E-state index contributed by atoms with van der Waals surface area (Å²) in [6.45, 7) is 20.0. The molecule has 0 bridgehead atoms. The van der Waals surface area contributed by atoms with E-state index in [0.29, 0.717) is 23.7 Å². The average Bonchev–Trinajstić information content (AvgIpc) is 2.45. The Kier molecular flexibility index (Phi) is 7.66. The van der Waals surface area contributed by atoms with E-state index in [1.165, 1.54) is 21.6 Å². The molecule has 0 heterocycles. The van der Waals surface area contributed by atoms with Crippen LogP contribution in [0.25, 0.3) is 0 Å². The van der Waals surface area contributed by atoms with Gasteiger partial charge in [-0.1, -0.05) is 67.5 Å². The largest absolute Gasteiger partial charge is 0.247 e. The smallest absolute Gasteiger partial charge is 0.0383 e. The molecular formula is C20H34N2S. The van der Waals surface area contributed by atoms with Crippen molar-refractivity contribution in [2.24, 2.45) is 11.0 Å². The van der Waals surface area contributed by atoms with Crippen molar-refractivity contribution in [1.29, 1.82) is 0 Å². The zero-order chi connectivity index (χ0) is 17.7. The van der Waals surface area contributed by atoms with Gasteiger partial charge in [0.1, 0.15) is 0 Å². The molecule has 2 nitrogen and oxygen atoms in total. The van der Waals surface area contributed by atoms with E-state index in [4.69, 9.17) is 0 Å². The van der Waals surface area contributed by atoms with Crippen LogP contribution < -0.4 is 4.83 Å². The standard InChI is InChI=1S/C20H34N2S/c1-12(2)16(9)21-22-23-20-18(14(5)6)10-17(13(3)4)11-19(20)15(7)8/h10-15,22H,1-9H3/b21-16+. The van der Waals surface area contributed by atoms with Gasteiger partial charge in [0, 0.05) is 22.6 Å². The Balaban J connectivity index is 3.24. The predicted molar refractivity (Wildman–Crippen MR) is 106 cm³/mol. The summed E-state index contributed by atoms with van der Waals surface area (Å²) in [5.41, 5.74) is 5.42. The van der Waals surface area contributed by atoms with Crippen LogP contribution in [0.4, 0.5) is 0 Å². The quantitative estimate of drug-likeness (QED) is 0.341. The number of hydrogen-bond donors (Lipinski definition) is 1. The highest BCUT2D eigenvalue weighted by Crippen LogP contribution is 2.37. The molecule has 1 aromatic rings. The molecule has 3 heteroatoms. The first-order valence-corrected chi connectivity index (χ1v) is 9.60. The van der Waals surface area contributed by atoms with Gasteiger partial charge in [0.05, 0.1) is 0 Å². The van der Waals surface area contributed by atoms with Gasteiger partial charge >= 0.3 is 0 Å². The first-order chi connectivity index (χ1) is 10.6. The number of nitrogens with one attached hydrogen (secondary N) is 1. The van der Waals surface area contributed by atoms with E-state index in [2.05, 4.69) is 84.4 Å². The maximum atomic E-state index is 4.51. The lowest BCUT2D eigenvalue weighted by Crippen LogP contribution is -2.09. The molecule has 1 N–H and O–H groups in total. The molecule has 0 unspecified atom stereocenters. The van der Waals surface area contributed by atoms with Gasteiger partial charge in [-0.3, -0.25) is 0 Å². The minimum absolute atomic E-state index is 0.473. The van der Waals surface area contributed by atoms with Gasteiger partial charge in [0.2, 0.25) is 0 Å².